The molecule has 0 bridgehead atoms. The summed E-state index contributed by atoms with van der Waals surface area (Å²) >= 11 is 0. The van der Waals surface area contributed by atoms with Crippen LogP contribution in [0.1, 0.15) is 16.8 Å². The summed E-state index contributed by atoms with van der Waals surface area (Å²) < 4.78 is 0. The summed E-state index contributed by atoms with van der Waals surface area (Å²) in [5.74, 6) is 0. The second-order valence-corrected chi connectivity index (χ2v) is 4.64. The molecule has 0 atom stereocenters. The van der Waals surface area contributed by atoms with Crippen molar-refractivity contribution in [1.82, 2.24) is 30.7 Å². The summed E-state index contributed by atoms with van der Waals surface area (Å²) in [6.07, 6.45) is 7.29. The highest BCUT2D eigenvalue weighted by atomic mass is 15.1. The second-order valence-electron chi connectivity index (χ2n) is 4.64. The third-order valence-corrected chi connectivity index (χ3v) is 3.23. The molecule has 0 aromatic carbocycles. The second kappa shape index (κ2) is 5.66. The van der Waals surface area contributed by atoms with Crippen molar-refractivity contribution in [3.05, 3.63) is 53.7 Å². The van der Waals surface area contributed by atoms with Crippen LogP contribution in [0.3, 0.4) is 0 Å². The monoisotopic (exact) mass is 268 g/mol. The zero-order valence-corrected chi connectivity index (χ0v) is 11.2. The fraction of sp³-hybridized carbons (Fsp3) is 0.214. The average Bonchev–Trinajstić information content (AvgIpc) is 3.10. The van der Waals surface area contributed by atoms with Crippen LogP contribution in [0.4, 0.5) is 0 Å². The lowest BCUT2D eigenvalue weighted by molar-refractivity contribution is 0.692. The topological polar surface area (TPSA) is 82.3 Å². The fourth-order valence-corrected chi connectivity index (χ4v) is 2.09. The molecule has 3 aromatic rings. The molecule has 0 aliphatic heterocycles. The number of hydrogen-bond donors (Lipinski definition) is 3. The molecule has 0 aliphatic rings. The number of nitrogens with one attached hydrogen (secondary N) is 3. The van der Waals surface area contributed by atoms with Crippen LogP contribution in [-0.4, -0.2) is 25.4 Å². The number of aromatic amines is 2. The number of aromatic nitrogens is 5. The van der Waals surface area contributed by atoms with Crippen molar-refractivity contribution >= 4 is 0 Å². The van der Waals surface area contributed by atoms with Crippen LogP contribution in [0.25, 0.3) is 11.3 Å². The predicted octanol–water partition coefficient (Wildman–Crippen LogP) is 1.79. The quantitative estimate of drug-likeness (QED) is 0.659. The summed E-state index contributed by atoms with van der Waals surface area (Å²) in [6.45, 7) is 3.54. The van der Waals surface area contributed by atoms with Gasteiger partial charge in [-0.2, -0.15) is 10.2 Å². The van der Waals surface area contributed by atoms with E-state index < -0.39 is 0 Å². The number of rotatable bonds is 5. The van der Waals surface area contributed by atoms with Gasteiger partial charge in [0.1, 0.15) is 0 Å². The summed E-state index contributed by atoms with van der Waals surface area (Å²) in [5, 5.41) is 17.5. The van der Waals surface area contributed by atoms with E-state index in [1.807, 2.05) is 37.6 Å². The first-order valence-electron chi connectivity index (χ1n) is 6.47. The van der Waals surface area contributed by atoms with Gasteiger partial charge in [0.2, 0.25) is 0 Å². The van der Waals surface area contributed by atoms with Crippen molar-refractivity contribution in [2.45, 2.75) is 20.0 Å². The Morgan fingerprint density at radius 1 is 1.05 bits per heavy atom. The van der Waals surface area contributed by atoms with Gasteiger partial charge in [-0.05, 0) is 19.1 Å². The van der Waals surface area contributed by atoms with Gasteiger partial charge in [0, 0.05) is 47.9 Å². The van der Waals surface area contributed by atoms with Crippen LogP contribution in [-0.2, 0) is 13.1 Å². The molecule has 3 heterocycles. The molecule has 0 aliphatic carbocycles. The maximum atomic E-state index is 4.13. The minimum atomic E-state index is 0.741. The highest BCUT2D eigenvalue weighted by Crippen LogP contribution is 2.19. The van der Waals surface area contributed by atoms with E-state index in [0.29, 0.717) is 0 Å². The van der Waals surface area contributed by atoms with Gasteiger partial charge in [-0.3, -0.25) is 15.2 Å². The summed E-state index contributed by atoms with van der Waals surface area (Å²) in [7, 11) is 0. The van der Waals surface area contributed by atoms with E-state index in [-0.39, 0.29) is 0 Å². The third-order valence-electron chi connectivity index (χ3n) is 3.23. The largest absolute Gasteiger partial charge is 0.308 e. The van der Waals surface area contributed by atoms with Gasteiger partial charge in [-0.1, -0.05) is 0 Å². The van der Waals surface area contributed by atoms with Crippen molar-refractivity contribution in [2.75, 3.05) is 0 Å². The van der Waals surface area contributed by atoms with Crippen LogP contribution < -0.4 is 5.32 Å². The fourth-order valence-electron chi connectivity index (χ4n) is 2.09. The maximum Gasteiger partial charge on any atom is 0.0710 e. The van der Waals surface area contributed by atoms with E-state index in [9.17, 15) is 0 Å². The summed E-state index contributed by atoms with van der Waals surface area (Å²) in [5.41, 5.74) is 5.45. The lowest BCUT2D eigenvalue weighted by atomic mass is 10.1. The Hall–Kier alpha value is -2.47. The first kappa shape index (κ1) is 12.6. The van der Waals surface area contributed by atoms with E-state index >= 15 is 0 Å². The predicted molar refractivity (Wildman–Crippen MR) is 75.7 cm³/mol. The molecule has 0 saturated heterocycles. The van der Waals surface area contributed by atoms with Gasteiger partial charge in [0.05, 0.1) is 18.1 Å². The Bertz CT molecular complexity index is 670. The molecule has 6 heteroatoms. The third kappa shape index (κ3) is 2.60. The smallest absolute Gasteiger partial charge is 0.0710 e. The molecule has 3 rings (SSSR count). The Morgan fingerprint density at radius 3 is 2.60 bits per heavy atom. The molecule has 3 aromatic heterocycles. The van der Waals surface area contributed by atoms with Gasteiger partial charge in [0.15, 0.2) is 0 Å². The lowest BCUT2D eigenvalue weighted by Crippen LogP contribution is -2.13. The van der Waals surface area contributed by atoms with Crippen LogP contribution >= 0.6 is 0 Å². The molecule has 102 valence electrons. The Morgan fingerprint density at radius 2 is 1.85 bits per heavy atom. The minimum absolute atomic E-state index is 0.741. The maximum absolute atomic E-state index is 4.13. The molecule has 20 heavy (non-hydrogen) atoms. The van der Waals surface area contributed by atoms with Gasteiger partial charge in [-0.25, -0.2) is 0 Å². The molecule has 3 N–H and O–H groups in total. The van der Waals surface area contributed by atoms with E-state index in [4.69, 9.17) is 0 Å². The molecule has 0 radical (unpaired) electrons. The van der Waals surface area contributed by atoms with E-state index in [1.165, 1.54) is 5.56 Å². The average molecular weight is 268 g/mol. The molecular weight excluding hydrogens is 252 g/mol. The number of hydrogen-bond acceptors (Lipinski definition) is 4. The number of H-pyrrole nitrogens is 2. The number of nitrogens with zero attached hydrogens (tertiary/aromatic N) is 3. The van der Waals surface area contributed by atoms with Crippen LogP contribution in [0.5, 0.6) is 0 Å². The molecule has 0 amide bonds. The Balaban J connectivity index is 1.67. The zero-order chi connectivity index (χ0) is 13.8. The van der Waals surface area contributed by atoms with Crippen molar-refractivity contribution < 1.29 is 0 Å². The molecule has 0 spiro atoms. The molecule has 6 nitrogen and oxygen atoms in total. The van der Waals surface area contributed by atoms with Crippen molar-refractivity contribution in [1.29, 1.82) is 0 Å². The van der Waals surface area contributed by atoms with Crippen molar-refractivity contribution in [3.8, 4) is 11.3 Å². The Kier molecular flexibility index (Phi) is 3.56. The minimum Gasteiger partial charge on any atom is -0.308 e. The standard InChI is InChI=1S/C14H16N6/c1-10-12(8-17-19-10)6-16-7-13-9-18-20-14(13)11-3-2-4-15-5-11/h2-5,8-9,16H,6-7H2,1H3,(H,17,19)(H,18,20). The van der Waals surface area contributed by atoms with Crippen LogP contribution in [0, 0.1) is 6.92 Å². The van der Waals surface area contributed by atoms with Gasteiger partial charge < -0.3 is 5.32 Å². The molecule has 0 saturated carbocycles. The van der Waals surface area contributed by atoms with Gasteiger partial charge in [0.25, 0.3) is 0 Å². The van der Waals surface area contributed by atoms with E-state index in [1.54, 1.807) is 6.20 Å². The summed E-state index contributed by atoms with van der Waals surface area (Å²) in [4.78, 5) is 4.13. The number of pyridine rings is 1. The van der Waals surface area contributed by atoms with E-state index in [0.717, 1.165) is 35.6 Å². The van der Waals surface area contributed by atoms with Crippen LogP contribution in [0.15, 0.2) is 36.9 Å². The Labute approximate surface area is 116 Å². The molecule has 0 unspecified atom stereocenters. The SMILES string of the molecule is Cc1[nH]ncc1CNCc1cn[nH]c1-c1cccnc1. The molecular formula is C14H16N6. The normalized spacial score (nSPS) is 10.8. The molecule has 0 fully saturated rings. The van der Waals surface area contributed by atoms with E-state index in [2.05, 4.69) is 30.7 Å². The number of aryl methyl sites for hydroxylation is 1. The zero-order valence-electron chi connectivity index (χ0n) is 11.2. The van der Waals surface area contributed by atoms with Gasteiger partial charge in [-0.15, -0.1) is 0 Å². The van der Waals surface area contributed by atoms with Crippen LogP contribution in [0.2, 0.25) is 0 Å². The lowest BCUT2D eigenvalue weighted by Gasteiger charge is -2.05. The first-order chi connectivity index (χ1) is 9.84. The first-order valence-corrected chi connectivity index (χ1v) is 6.47. The summed E-state index contributed by atoms with van der Waals surface area (Å²) in [6, 6.07) is 3.94. The van der Waals surface area contributed by atoms with Crippen molar-refractivity contribution in [2.24, 2.45) is 0 Å². The van der Waals surface area contributed by atoms with Gasteiger partial charge >= 0.3 is 0 Å². The highest BCUT2D eigenvalue weighted by Gasteiger charge is 2.07. The highest BCUT2D eigenvalue weighted by molar-refractivity contribution is 5.61. The van der Waals surface area contributed by atoms with Crippen molar-refractivity contribution in [3.63, 3.8) is 0 Å².